The SMILES string of the molecule is C[C@@H]1C[C@H](F)CN1C(=O)CN1CCC(N(C)c2ccc3ccncc3c2)CC1. The minimum absolute atomic E-state index is 0.0218. The van der Waals surface area contributed by atoms with E-state index >= 15 is 0 Å². The Balaban J connectivity index is 1.32. The molecule has 28 heavy (non-hydrogen) atoms. The van der Waals surface area contributed by atoms with Crippen molar-refractivity contribution in [1.82, 2.24) is 14.8 Å². The van der Waals surface area contributed by atoms with E-state index in [1.165, 1.54) is 11.1 Å². The van der Waals surface area contributed by atoms with Crippen molar-refractivity contribution in [3.05, 3.63) is 36.7 Å². The number of alkyl halides is 1. The van der Waals surface area contributed by atoms with Crippen LogP contribution in [0.4, 0.5) is 10.1 Å². The molecule has 0 saturated carbocycles. The molecular weight excluding hydrogens is 355 g/mol. The van der Waals surface area contributed by atoms with Gasteiger partial charge in [0.25, 0.3) is 0 Å². The lowest BCUT2D eigenvalue weighted by molar-refractivity contribution is -0.133. The van der Waals surface area contributed by atoms with E-state index < -0.39 is 6.17 Å². The van der Waals surface area contributed by atoms with Crippen LogP contribution in [0.5, 0.6) is 0 Å². The van der Waals surface area contributed by atoms with Crippen molar-refractivity contribution in [2.24, 2.45) is 0 Å². The molecule has 2 aliphatic rings. The van der Waals surface area contributed by atoms with Crippen LogP contribution < -0.4 is 4.90 Å². The molecule has 0 spiro atoms. The average molecular weight is 384 g/mol. The van der Waals surface area contributed by atoms with Crippen molar-refractivity contribution >= 4 is 22.4 Å². The zero-order valence-corrected chi connectivity index (χ0v) is 16.7. The lowest BCUT2D eigenvalue weighted by Gasteiger charge is -2.38. The summed E-state index contributed by atoms with van der Waals surface area (Å²) in [5, 5.41) is 2.35. The smallest absolute Gasteiger partial charge is 0.237 e. The molecule has 0 radical (unpaired) electrons. The lowest BCUT2D eigenvalue weighted by atomic mass is 10.0. The summed E-state index contributed by atoms with van der Waals surface area (Å²) in [6.07, 6.45) is 5.38. The van der Waals surface area contributed by atoms with Crippen LogP contribution in [0.25, 0.3) is 10.8 Å². The first-order valence-corrected chi connectivity index (χ1v) is 10.2. The molecule has 3 heterocycles. The maximum absolute atomic E-state index is 13.5. The number of halogens is 1. The van der Waals surface area contributed by atoms with Gasteiger partial charge in [-0.3, -0.25) is 14.7 Å². The van der Waals surface area contributed by atoms with Crippen LogP contribution in [0.2, 0.25) is 0 Å². The van der Waals surface area contributed by atoms with Gasteiger partial charge in [-0.2, -0.15) is 0 Å². The van der Waals surface area contributed by atoms with Crippen LogP contribution >= 0.6 is 0 Å². The van der Waals surface area contributed by atoms with Gasteiger partial charge >= 0.3 is 0 Å². The number of aromatic nitrogens is 1. The first-order valence-electron chi connectivity index (χ1n) is 10.2. The summed E-state index contributed by atoms with van der Waals surface area (Å²) in [5.74, 6) is 0.0708. The van der Waals surface area contributed by atoms with E-state index in [1.54, 1.807) is 4.90 Å². The van der Waals surface area contributed by atoms with Gasteiger partial charge in [-0.25, -0.2) is 4.39 Å². The van der Waals surface area contributed by atoms with E-state index in [4.69, 9.17) is 0 Å². The van der Waals surface area contributed by atoms with Gasteiger partial charge in [0.15, 0.2) is 0 Å². The Morgan fingerprint density at radius 3 is 2.75 bits per heavy atom. The molecule has 1 aromatic heterocycles. The second kappa shape index (κ2) is 8.03. The third-order valence-electron chi connectivity index (χ3n) is 6.34. The van der Waals surface area contributed by atoms with Crippen molar-refractivity contribution in [3.8, 4) is 0 Å². The maximum atomic E-state index is 13.5. The van der Waals surface area contributed by atoms with Gasteiger partial charge in [0.05, 0.1) is 13.1 Å². The molecule has 0 aliphatic carbocycles. The zero-order valence-electron chi connectivity index (χ0n) is 16.7. The molecule has 6 heteroatoms. The van der Waals surface area contributed by atoms with Crippen LogP contribution in [0.3, 0.4) is 0 Å². The maximum Gasteiger partial charge on any atom is 0.237 e. The number of piperidine rings is 1. The van der Waals surface area contributed by atoms with E-state index in [2.05, 4.69) is 40.0 Å². The average Bonchev–Trinajstić information content (AvgIpc) is 3.06. The summed E-state index contributed by atoms with van der Waals surface area (Å²) in [6, 6.07) is 9.02. The highest BCUT2D eigenvalue weighted by molar-refractivity contribution is 5.85. The molecule has 1 amide bonds. The second-order valence-corrected chi connectivity index (χ2v) is 8.25. The highest BCUT2D eigenvalue weighted by atomic mass is 19.1. The molecule has 4 rings (SSSR count). The summed E-state index contributed by atoms with van der Waals surface area (Å²) in [4.78, 5) is 23.0. The first-order chi connectivity index (χ1) is 13.5. The number of nitrogens with zero attached hydrogens (tertiary/aromatic N) is 4. The number of pyridine rings is 1. The van der Waals surface area contributed by atoms with E-state index in [9.17, 15) is 9.18 Å². The Morgan fingerprint density at radius 2 is 2.04 bits per heavy atom. The summed E-state index contributed by atoms with van der Waals surface area (Å²) in [5.41, 5.74) is 1.20. The molecule has 0 unspecified atom stereocenters. The number of likely N-dealkylation sites (tertiary alicyclic amines) is 2. The van der Waals surface area contributed by atoms with E-state index in [0.29, 0.717) is 19.0 Å². The monoisotopic (exact) mass is 384 g/mol. The molecule has 1 aromatic carbocycles. The number of anilines is 1. The molecule has 150 valence electrons. The molecule has 2 saturated heterocycles. The molecule has 2 aromatic rings. The minimum Gasteiger partial charge on any atom is -0.371 e. The molecular formula is C22H29FN4O. The highest BCUT2D eigenvalue weighted by Crippen LogP contribution is 2.26. The molecule has 0 N–H and O–H groups in total. The quantitative estimate of drug-likeness (QED) is 0.812. The van der Waals surface area contributed by atoms with Crippen LogP contribution in [0, 0.1) is 0 Å². The Labute approximate surface area is 166 Å². The third kappa shape index (κ3) is 3.97. The first kappa shape index (κ1) is 19.1. The Kier molecular flexibility index (Phi) is 5.49. The largest absolute Gasteiger partial charge is 0.371 e. The van der Waals surface area contributed by atoms with Crippen molar-refractivity contribution < 1.29 is 9.18 Å². The van der Waals surface area contributed by atoms with Gasteiger partial charge in [-0.1, -0.05) is 6.07 Å². The highest BCUT2D eigenvalue weighted by Gasteiger charge is 2.33. The number of carbonyl (C=O) groups is 1. The van der Waals surface area contributed by atoms with E-state index in [-0.39, 0.29) is 18.5 Å². The standard InChI is InChI=1S/C22H29FN4O/c1-16-11-19(23)14-27(16)22(28)15-26-9-6-20(7-10-26)25(2)21-4-3-17-5-8-24-13-18(17)12-21/h3-5,8,12-13,16,19-20H,6-7,9-11,14-15H2,1-2H3/t16-,19+/m1/s1. The lowest BCUT2D eigenvalue weighted by Crippen LogP contribution is -2.48. The van der Waals surface area contributed by atoms with Gasteiger partial charge < -0.3 is 9.80 Å². The Hall–Kier alpha value is -2.21. The van der Waals surface area contributed by atoms with Crippen molar-refractivity contribution in [2.75, 3.05) is 38.1 Å². The van der Waals surface area contributed by atoms with Gasteiger partial charge in [0.2, 0.25) is 5.91 Å². The number of fused-ring (bicyclic) bond motifs is 1. The molecule has 2 fully saturated rings. The normalized spacial score (nSPS) is 24.0. The van der Waals surface area contributed by atoms with Crippen molar-refractivity contribution in [3.63, 3.8) is 0 Å². The Morgan fingerprint density at radius 1 is 1.25 bits per heavy atom. The number of hydrogen-bond donors (Lipinski definition) is 0. The predicted octanol–water partition coefficient (Wildman–Crippen LogP) is 3.09. The van der Waals surface area contributed by atoms with Crippen LogP contribution in [0.1, 0.15) is 26.2 Å². The van der Waals surface area contributed by atoms with Crippen LogP contribution in [-0.2, 0) is 4.79 Å². The summed E-state index contributed by atoms with van der Waals surface area (Å²) in [7, 11) is 2.15. The topological polar surface area (TPSA) is 39.7 Å². The Bertz CT molecular complexity index is 836. The van der Waals surface area contributed by atoms with Gasteiger partial charge in [0.1, 0.15) is 6.17 Å². The number of amides is 1. The van der Waals surface area contributed by atoms with E-state index in [1.807, 2.05) is 25.4 Å². The molecule has 2 atom stereocenters. The number of hydrogen-bond acceptors (Lipinski definition) is 4. The molecule has 2 aliphatic heterocycles. The molecule has 0 bridgehead atoms. The van der Waals surface area contributed by atoms with Crippen molar-refractivity contribution in [1.29, 1.82) is 0 Å². The van der Waals surface area contributed by atoms with Crippen molar-refractivity contribution in [2.45, 2.75) is 44.4 Å². The summed E-state index contributed by atoms with van der Waals surface area (Å²) < 4.78 is 13.5. The van der Waals surface area contributed by atoms with E-state index in [0.717, 1.165) is 31.3 Å². The van der Waals surface area contributed by atoms with Gasteiger partial charge in [-0.15, -0.1) is 0 Å². The summed E-state index contributed by atoms with van der Waals surface area (Å²) >= 11 is 0. The second-order valence-electron chi connectivity index (χ2n) is 8.25. The zero-order chi connectivity index (χ0) is 19.7. The number of carbonyl (C=O) groups excluding carboxylic acids is 1. The fourth-order valence-electron chi connectivity index (χ4n) is 4.56. The number of benzene rings is 1. The molecule has 5 nitrogen and oxygen atoms in total. The fraction of sp³-hybridized carbons (Fsp3) is 0.545. The summed E-state index contributed by atoms with van der Waals surface area (Å²) in [6.45, 7) is 4.41. The van der Waals surface area contributed by atoms with Gasteiger partial charge in [0, 0.05) is 62.1 Å². The third-order valence-corrected chi connectivity index (χ3v) is 6.34. The van der Waals surface area contributed by atoms with Crippen LogP contribution in [-0.4, -0.2) is 72.2 Å². The van der Waals surface area contributed by atoms with Crippen LogP contribution in [0.15, 0.2) is 36.7 Å². The fourth-order valence-corrected chi connectivity index (χ4v) is 4.56. The van der Waals surface area contributed by atoms with Gasteiger partial charge in [-0.05, 0) is 43.4 Å². The predicted molar refractivity (Wildman–Crippen MR) is 110 cm³/mol. The minimum atomic E-state index is -0.865. The number of rotatable bonds is 4.